The van der Waals surface area contributed by atoms with Gasteiger partial charge in [-0.1, -0.05) is 19.8 Å². The van der Waals surface area contributed by atoms with Gasteiger partial charge < -0.3 is 4.74 Å². The second-order valence-corrected chi connectivity index (χ2v) is 6.15. The molecule has 0 aromatic carbocycles. The fraction of sp³-hybridized carbons (Fsp3) is 0.647. The third kappa shape index (κ3) is 3.20. The molecule has 2 rings (SSSR count). The minimum atomic E-state index is 0.236. The summed E-state index contributed by atoms with van der Waals surface area (Å²) in [4.78, 5) is 16.9. The SMILES string of the molecule is COc1c(C)cnc(CC(=O)C2CCC(C)CC2)c1C. The Labute approximate surface area is 121 Å². The van der Waals surface area contributed by atoms with Crippen molar-refractivity contribution >= 4 is 5.78 Å². The Bertz CT molecular complexity index is 488. The van der Waals surface area contributed by atoms with Crippen LogP contribution in [0.15, 0.2) is 6.20 Å². The molecular weight excluding hydrogens is 250 g/mol. The smallest absolute Gasteiger partial charge is 0.141 e. The van der Waals surface area contributed by atoms with Crippen LogP contribution in [0.3, 0.4) is 0 Å². The molecule has 1 aliphatic carbocycles. The van der Waals surface area contributed by atoms with Crippen molar-refractivity contribution in [2.75, 3.05) is 7.11 Å². The van der Waals surface area contributed by atoms with E-state index in [1.165, 1.54) is 12.8 Å². The van der Waals surface area contributed by atoms with E-state index in [0.717, 1.165) is 41.3 Å². The molecule has 1 heterocycles. The highest BCUT2D eigenvalue weighted by Crippen LogP contribution is 2.30. The minimum Gasteiger partial charge on any atom is -0.496 e. The fourth-order valence-electron chi connectivity index (χ4n) is 3.14. The topological polar surface area (TPSA) is 39.2 Å². The molecule has 1 saturated carbocycles. The van der Waals surface area contributed by atoms with Gasteiger partial charge in [0.1, 0.15) is 11.5 Å². The first-order valence-electron chi connectivity index (χ1n) is 7.54. The first-order valence-corrected chi connectivity index (χ1v) is 7.54. The van der Waals surface area contributed by atoms with E-state index in [-0.39, 0.29) is 5.92 Å². The second-order valence-electron chi connectivity index (χ2n) is 6.15. The van der Waals surface area contributed by atoms with E-state index >= 15 is 0 Å². The van der Waals surface area contributed by atoms with Crippen LogP contribution < -0.4 is 4.74 Å². The van der Waals surface area contributed by atoms with Gasteiger partial charge in [0.15, 0.2) is 0 Å². The van der Waals surface area contributed by atoms with E-state index in [0.29, 0.717) is 12.2 Å². The highest BCUT2D eigenvalue weighted by molar-refractivity contribution is 5.83. The highest BCUT2D eigenvalue weighted by atomic mass is 16.5. The third-order valence-electron chi connectivity index (χ3n) is 4.56. The molecule has 0 saturated heterocycles. The average molecular weight is 275 g/mol. The monoisotopic (exact) mass is 275 g/mol. The number of ketones is 1. The van der Waals surface area contributed by atoms with Gasteiger partial charge in [0.2, 0.25) is 0 Å². The number of nitrogens with zero attached hydrogens (tertiary/aromatic N) is 1. The molecule has 3 nitrogen and oxygen atoms in total. The number of pyridine rings is 1. The number of aromatic nitrogens is 1. The number of rotatable bonds is 4. The van der Waals surface area contributed by atoms with Crippen molar-refractivity contribution in [3.63, 3.8) is 0 Å². The Hall–Kier alpha value is -1.38. The van der Waals surface area contributed by atoms with Gasteiger partial charge in [-0.3, -0.25) is 9.78 Å². The van der Waals surface area contributed by atoms with Crippen LogP contribution in [-0.4, -0.2) is 17.9 Å². The lowest BCUT2D eigenvalue weighted by Crippen LogP contribution is -2.23. The van der Waals surface area contributed by atoms with Crippen molar-refractivity contribution in [1.29, 1.82) is 0 Å². The molecule has 1 aromatic rings. The van der Waals surface area contributed by atoms with Crippen LogP contribution in [0.5, 0.6) is 5.75 Å². The minimum absolute atomic E-state index is 0.236. The van der Waals surface area contributed by atoms with Crippen molar-refractivity contribution in [3.8, 4) is 5.75 Å². The van der Waals surface area contributed by atoms with Gasteiger partial charge in [-0.05, 0) is 32.6 Å². The van der Waals surface area contributed by atoms with Crippen LogP contribution in [0.2, 0.25) is 0 Å². The second kappa shape index (κ2) is 6.38. The number of ether oxygens (including phenoxy) is 1. The van der Waals surface area contributed by atoms with Gasteiger partial charge in [0.05, 0.1) is 12.8 Å². The molecule has 0 radical (unpaired) electrons. The summed E-state index contributed by atoms with van der Waals surface area (Å²) in [5.74, 6) is 2.22. The predicted octanol–water partition coefficient (Wildman–Crippen LogP) is 3.64. The zero-order valence-electron chi connectivity index (χ0n) is 13.0. The summed E-state index contributed by atoms with van der Waals surface area (Å²) < 4.78 is 5.41. The van der Waals surface area contributed by atoms with Gasteiger partial charge in [-0.2, -0.15) is 0 Å². The zero-order valence-corrected chi connectivity index (χ0v) is 13.0. The van der Waals surface area contributed by atoms with Gasteiger partial charge in [0, 0.05) is 29.7 Å². The number of aryl methyl sites for hydroxylation is 1. The number of hydrogen-bond donors (Lipinski definition) is 0. The molecular formula is C17H25NO2. The summed E-state index contributed by atoms with van der Waals surface area (Å²) in [6.07, 6.45) is 6.70. The molecule has 0 atom stereocenters. The lowest BCUT2D eigenvalue weighted by Gasteiger charge is -2.25. The van der Waals surface area contributed by atoms with Crippen LogP contribution in [-0.2, 0) is 11.2 Å². The predicted molar refractivity (Wildman–Crippen MR) is 80.1 cm³/mol. The molecule has 0 N–H and O–H groups in total. The first-order chi connectivity index (χ1) is 9.52. The zero-order chi connectivity index (χ0) is 14.7. The van der Waals surface area contributed by atoms with Crippen molar-refractivity contribution in [3.05, 3.63) is 23.0 Å². The summed E-state index contributed by atoms with van der Waals surface area (Å²) in [6, 6.07) is 0. The van der Waals surface area contributed by atoms with Crippen LogP contribution in [0.1, 0.15) is 49.4 Å². The van der Waals surface area contributed by atoms with Crippen molar-refractivity contribution in [1.82, 2.24) is 4.98 Å². The molecule has 3 heteroatoms. The van der Waals surface area contributed by atoms with E-state index in [1.807, 2.05) is 13.8 Å². The largest absolute Gasteiger partial charge is 0.496 e. The molecule has 1 aliphatic rings. The number of carbonyl (C=O) groups is 1. The average Bonchev–Trinajstić information content (AvgIpc) is 2.43. The lowest BCUT2D eigenvalue weighted by molar-refractivity contribution is -0.123. The fourth-order valence-corrected chi connectivity index (χ4v) is 3.14. The van der Waals surface area contributed by atoms with Crippen molar-refractivity contribution < 1.29 is 9.53 Å². The Morgan fingerprint density at radius 1 is 1.30 bits per heavy atom. The number of methoxy groups -OCH3 is 1. The van der Waals surface area contributed by atoms with Crippen LogP contribution >= 0.6 is 0 Å². The molecule has 0 unspecified atom stereocenters. The van der Waals surface area contributed by atoms with Gasteiger partial charge in [0.25, 0.3) is 0 Å². The lowest BCUT2D eigenvalue weighted by atomic mass is 9.80. The van der Waals surface area contributed by atoms with E-state index < -0.39 is 0 Å². The standard InChI is InChI=1S/C17H25NO2/c1-11-5-7-14(8-6-11)16(19)9-15-13(3)17(20-4)12(2)10-18-15/h10-11,14H,5-9H2,1-4H3. The summed E-state index contributed by atoms with van der Waals surface area (Å²) in [7, 11) is 1.67. The summed E-state index contributed by atoms with van der Waals surface area (Å²) in [5, 5.41) is 0. The van der Waals surface area contributed by atoms with Crippen molar-refractivity contribution in [2.24, 2.45) is 11.8 Å². The Morgan fingerprint density at radius 3 is 2.55 bits per heavy atom. The van der Waals surface area contributed by atoms with Gasteiger partial charge in [-0.25, -0.2) is 0 Å². The molecule has 1 fully saturated rings. The Morgan fingerprint density at radius 2 is 1.95 bits per heavy atom. The maximum absolute atomic E-state index is 12.4. The van der Waals surface area contributed by atoms with E-state index in [9.17, 15) is 4.79 Å². The van der Waals surface area contributed by atoms with E-state index in [4.69, 9.17) is 4.74 Å². The van der Waals surface area contributed by atoms with E-state index in [2.05, 4.69) is 11.9 Å². The molecule has 20 heavy (non-hydrogen) atoms. The number of Topliss-reactive ketones (excluding diaryl/α,β-unsaturated/α-hetero) is 1. The number of hydrogen-bond acceptors (Lipinski definition) is 3. The van der Waals surface area contributed by atoms with Gasteiger partial charge in [-0.15, -0.1) is 0 Å². The van der Waals surface area contributed by atoms with Crippen LogP contribution in [0.25, 0.3) is 0 Å². The highest BCUT2D eigenvalue weighted by Gasteiger charge is 2.25. The number of carbonyl (C=O) groups excluding carboxylic acids is 1. The van der Waals surface area contributed by atoms with Crippen LogP contribution in [0.4, 0.5) is 0 Å². The molecule has 0 bridgehead atoms. The van der Waals surface area contributed by atoms with E-state index in [1.54, 1.807) is 13.3 Å². The summed E-state index contributed by atoms with van der Waals surface area (Å²) >= 11 is 0. The normalized spacial score (nSPS) is 22.6. The Kier molecular flexibility index (Phi) is 4.79. The maximum atomic E-state index is 12.4. The third-order valence-corrected chi connectivity index (χ3v) is 4.56. The molecule has 0 aliphatic heterocycles. The molecule has 1 aromatic heterocycles. The molecule has 110 valence electrons. The first kappa shape index (κ1) is 15.0. The molecule has 0 spiro atoms. The van der Waals surface area contributed by atoms with Gasteiger partial charge >= 0.3 is 0 Å². The van der Waals surface area contributed by atoms with Crippen molar-refractivity contribution in [2.45, 2.75) is 52.9 Å². The summed E-state index contributed by atoms with van der Waals surface area (Å²) in [5.41, 5.74) is 2.90. The summed E-state index contributed by atoms with van der Waals surface area (Å²) in [6.45, 7) is 6.24. The quantitative estimate of drug-likeness (QED) is 0.842. The Balaban J connectivity index is 2.08. The maximum Gasteiger partial charge on any atom is 0.141 e. The molecule has 0 amide bonds. The van der Waals surface area contributed by atoms with Crippen LogP contribution in [0, 0.1) is 25.7 Å².